The monoisotopic (exact) mass is 388 g/mol. The minimum absolute atomic E-state index is 0.0608. The summed E-state index contributed by atoms with van der Waals surface area (Å²) in [5.41, 5.74) is 6.98. The second-order valence-electron chi connectivity index (χ2n) is 5.09. The van der Waals surface area contributed by atoms with Gasteiger partial charge in [-0.3, -0.25) is 9.59 Å². The first-order chi connectivity index (χ1) is 11.6. The average molecular weight is 389 g/mol. The lowest BCUT2D eigenvalue weighted by molar-refractivity contribution is -0.121. The van der Waals surface area contributed by atoms with Crippen LogP contribution in [0.1, 0.15) is 6.42 Å². The molecule has 24 heavy (non-hydrogen) atoms. The molecule has 4 N–H and O–H groups in total. The Labute approximate surface area is 154 Å². The van der Waals surface area contributed by atoms with Crippen LogP contribution in [0.5, 0.6) is 0 Å². The fraction of sp³-hybridized carbons (Fsp3) is 0.467. The Hall–Kier alpha value is -1.09. The van der Waals surface area contributed by atoms with Crippen LogP contribution < -0.4 is 21.3 Å². The van der Waals surface area contributed by atoms with Crippen LogP contribution in [0.15, 0.2) is 18.2 Å². The molecule has 0 aromatic heterocycles. The highest BCUT2D eigenvalue weighted by Crippen LogP contribution is 2.32. The number of carbonyl (C=O) groups is 2. The van der Waals surface area contributed by atoms with Crippen molar-refractivity contribution in [1.82, 2.24) is 5.32 Å². The minimum Gasteiger partial charge on any atom is -0.374 e. The van der Waals surface area contributed by atoms with Gasteiger partial charge in [-0.25, -0.2) is 0 Å². The lowest BCUT2D eigenvalue weighted by Gasteiger charge is -2.30. The molecule has 0 bridgehead atoms. The summed E-state index contributed by atoms with van der Waals surface area (Å²) < 4.78 is 0. The molecule has 0 unspecified atom stereocenters. The molecule has 0 aliphatic carbocycles. The van der Waals surface area contributed by atoms with Gasteiger partial charge in [-0.2, -0.15) is 0 Å². The zero-order chi connectivity index (χ0) is 17.4. The molecule has 1 aromatic rings. The maximum Gasteiger partial charge on any atom is 0.246 e. The summed E-state index contributed by atoms with van der Waals surface area (Å²) in [5, 5.41) is 6.48. The van der Waals surface area contributed by atoms with E-state index in [1.807, 2.05) is 6.07 Å². The smallest absolute Gasteiger partial charge is 0.246 e. The Morgan fingerprint density at radius 2 is 2.17 bits per heavy atom. The molecule has 0 saturated carbocycles. The van der Waals surface area contributed by atoms with Crippen LogP contribution in [0.3, 0.4) is 0 Å². The number of carbonyl (C=O) groups excluding carboxylic acids is 2. The van der Waals surface area contributed by atoms with E-state index in [1.54, 1.807) is 38.6 Å². The first kappa shape index (κ1) is 19.2. The molecule has 0 spiro atoms. The first-order valence-electron chi connectivity index (χ1n) is 7.67. The molecule has 1 aromatic carbocycles. The van der Waals surface area contributed by atoms with Gasteiger partial charge in [-0.05, 0) is 18.2 Å². The van der Waals surface area contributed by atoms with Gasteiger partial charge in [-0.1, -0.05) is 33.2 Å². The molecule has 1 aliphatic rings. The van der Waals surface area contributed by atoms with Crippen LogP contribution in [0, 0.1) is 0 Å². The molecule has 0 fully saturated rings. The second-order valence-corrected chi connectivity index (χ2v) is 8.23. The number of anilines is 2. The van der Waals surface area contributed by atoms with Crippen LogP contribution in [0.25, 0.3) is 0 Å². The molecular weight excluding hydrogens is 368 g/mol. The van der Waals surface area contributed by atoms with E-state index in [4.69, 9.17) is 17.3 Å². The predicted octanol–water partition coefficient (Wildman–Crippen LogP) is 1.94. The highest BCUT2D eigenvalue weighted by atomic mass is 35.5. The molecule has 0 saturated heterocycles. The van der Waals surface area contributed by atoms with E-state index >= 15 is 0 Å². The quantitative estimate of drug-likeness (QED) is 0.442. The van der Waals surface area contributed by atoms with Gasteiger partial charge in [0.2, 0.25) is 11.8 Å². The Bertz CT molecular complexity index is 589. The first-order valence-corrected chi connectivity index (χ1v) is 10.5. The fourth-order valence-electron chi connectivity index (χ4n) is 2.22. The lowest BCUT2D eigenvalue weighted by atomic mass is 10.2. The predicted molar refractivity (Wildman–Crippen MR) is 104 cm³/mol. The van der Waals surface area contributed by atoms with E-state index in [0.29, 0.717) is 24.7 Å². The number of hydrogen-bond acceptors (Lipinski definition) is 6. The van der Waals surface area contributed by atoms with Gasteiger partial charge in [0.25, 0.3) is 0 Å². The van der Waals surface area contributed by atoms with Gasteiger partial charge >= 0.3 is 0 Å². The molecule has 0 radical (unpaired) electrons. The third kappa shape index (κ3) is 5.77. The summed E-state index contributed by atoms with van der Waals surface area (Å²) in [5.74, 6) is 1.62. The maximum absolute atomic E-state index is 12.1. The molecular formula is C15H21ClN4O2S2. The average Bonchev–Trinajstić information content (AvgIpc) is 2.57. The van der Waals surface area contributed by atoms with Crippen molar-refractivity contribution < 1.29 is 9.59 Å². The van der Waals surface area contributed by atoms with Gasteiger partial charge in [0.05, 0.1) is 17.9 Å². The second kappa shape index (κ2) is 10.0. The normalized spacial score (nSPS) is 13.4. The number of fused-ring (bicyclic) bond motifs is 1. The molecule has 2 amide bonds. The van der Waals surface area contributed by atoms with E-state index in [1.165, 1.54) is 0 Å². The summed E-state index contributed by atoms with van der Waals surface area (Å²) in [4.78, 5) is 25.7. The summed E-state index contributed by atoms with van der Waals surface area (Å²) in [6.07, 6.45) is 0.262. The SMILES string of the molecule is NCCSSCCNC(=O)CCN1C(=O)CNc2ccc(Cl)cc21. The van der Waals surface area contributed by atoms with Gasteiger partial charge in [0.1, 0.15) is 0 Å². The zero-order valence-electron chi connectivity index (χ0n) is 13.2. The Kier molecular flexibility index (Phi) is 8.04. The summed E-state index contributed by atoms with van der Waals surface area (Å²) in [6.45, 7) is 1.84. The number of amides is 2. The van der Waals surface area contributed by atoms with E-state index in [-0.39, 0.29) is 24.8 Å². The van der Waals surface area contributed by atoms with Crippen molar-refractivity contribution in [1.29, 1.82) is 0 Å². The number of nitrogens with two attached hydrogens (primary N) is 1. The van der Waals surface area contributed by atoms with Crippen molar-refractivity contribution in [3.05, 3.63) is 23.2 Å². The number of benzene rings is 1. The van der Waals surface area contributed by atoms with E-state index in [0.717, 1.165) is 22.9 Å². The van der Waals surface area contributed by atoms with Crippen molar-refractivity contribution in [3.8, 4) is 0 Å². The van der Waals surface area contributed by atoms with Gasteiger partial charge in [0, 0.05) is 42.6 Å². The van der Waals surface area contributed by atoms with Crippen LogP contribution in [-0.4, -0.2) is 49.5 Å². The summed E-state index contributed by atoms with van der Waals surface area (Å²) in [6, 6.07) is 5.35. The highest BCUT2D eigenvalue weighted by Gasteiger charge is 2.24. The maximum atomic E-state index is 12.1. The van der Waals surface area contributed by atoms with E-state index in [9.17, 15) is 9.59 Å². The molecule has 0 atom stereocenters. The van der Waals surface area contributed by atoms with Gasteiger partial charge in [0.15, 0.2) is 0 Å². The topological polar surface area (TPSA) is 87.5 Å². The molecule has 1 aliphatic heterocycles. The summed E-state index contributed by atoms with van der Waals surface area (Å²) >= 11 is 6.02. The largest absolute Gasteiger partial charge is 0.374 e. The Balaban J connectivity index is 1.78. The van der Waals surface area contributed by atoms with Gasteiger partial charge < -0.3 is 21.3 Å². The van der Waals surface area contributed by atoms with Crippen molar-refractivity contribution in [2.24, 2.45) is 5.73 Å². The summed E-state index contributed by atoms with van der Waals surface area (Å²) in [7, 11) is 3.40. The standard InChI is InChI=1S/C15H21ClN4O2S2/c16-11-1-2-12-13(9-11)20(15(22)10-19-12)6-3-14(21)18-5-8-24-23-7-4-17/h1-2,9,19H,3-8,10,17H2,(H,18,21). The lowest BCUT2D eigenvalue weighted by Crippen LogP contribution is -2.42. The van der Waals surface area contributed by atoms with Crippen LogP contribution in [0.4, 0.5) is 11.4 Å². The zero-order valence-corrected chi connectivity index (χ0v) is 15.6. The van der Waals surface area contributed by atoms with Gasteiger partial charge in [-0.15, -0.1) is 0 Å². The van der Waals surface area contributed by atoms with E-state index < -0.39 is 0 Å². The van der Waals surface area contributed by atoms with Crippen molar-refractivity contribution >= 4 is 56.4 Å². The number of nitrogens with zero attached hydrogens (tertiary/aromatic N) is 1. The number of nitrogens with one attached hydrogen (secondary N) is 2. The van der Waals surface area contributed by atoms with Crippen molar-refractivity contribution in [3.63, 3.8) is 0 Å². The van der Waals surface area contributed by atoms with Crippen molar-refractivity contribution in [2.45, 2.75) is 6.42 Å². The van der Waals surface area contributed by atoms with Crippen LogP contribution in [-0.2, 0) is 9.59 Å². The molecule has 2 rings (SSSR count). The van der Waals surface area contributed by atoms with Crippen molar-refractivity contribution in [2.75, 3.05) is 47.9 Å². The van der Waals surface area contributed by atoms with Crippen LogP contribution in [0.2, 0.25) is 5.02 Å². The highest BCUT2D eigenvalue weighted by molar-refractivity contribution is 8.76. The number of hydrogen-bond donors (Lipinski definition) is 3. The minimum atomic E-state index is -0.0636. The third-order valence-electron chi connectivity index (χ3n) is 3.34. The molecule has 6 nitrogen and oxygen atoms in total. The Morgan fingerprint density at radius 1 is 1.38 bits per heavy atom. The Morgan fingerprint density at radius 3 is 2.96 bits per heavy atom. The third-order valence-corrected chi connectivity index (χ3v) is 6.01. The van der Waals surface area contributed by atoms with Crippen LogP contribution >= 0.6 is 33.2 Å². The number of halogens is 1. The fourth-order valence-corrected chi connectivity index (χ4v) is 4.15. The number of rotatable bonds is 9. The molecule has 132 valence electrons. The van der Waals surface area contributed by atoms with E-state index in [2.05, 4.69) is 10.6 Å². The molecule has 9 heteroatoms. The molecule has 1 heterocycles.